The van der Waals surface area contributed by atoms with Crippen LogP contribution in [0.25, 0.3) is 0 Å². The maximum Gasteiger partial charge on any atom is 0.184 e. The molecule has 0 aliphatic carbocycles. The zero-order valence-corrected chi connectivity index (χ0v) is 8.50. The van der Waals surface area contributed by atoms with E-state index in [1.807, 2.05) is 29.8 Å². The molecule has 1 heterocycles. The lowest BCUT2D eigenvalue weighted by Gasteiger charge is -2.02. The minimum absolute atomic E-state index is 0.0921. The molecule has 0 N–H and O–H groups in total. The second-order valence-corrected chi connectivity index (χ2v) is 3.21. The van der Waals surface area contributed by atoms with Crippen LogP contribution in [0.1, 0.15) is 5.56 Å². The molecule has 0 amide bonds. The van der Waals surface area contributed by atoms with Crippen molar-refractivity contribution in [3.05, 3.63) is 46.4 Å². The van der Waals surface area contributed by atoms with Crippen LogP contribution in [-0.4, -0.2) is 10.3 Å². The van der Waals surface area contributed by atoms with E-state index in [-0.39, 0.29) is 5.43 Å². The van der Waals surface area contributed by atoms with E-state index in [1.54, 1.807) is 12.3 Å². The van der Waals surface area contributed by atoms with Gasteiger partial charge < -0.3 is 4.57 Å². The number of thiol groups is 1. The van der Waals surface area contributed by atoms with Crippen LogP contribution in [0, 0.1) is 6.92 Å². The van der Waals surface area contributed by atoms with Gasteiger partial charge in [-0.25, -0.2) is 0 Å². The third-order valence-electron chi connectivity index (χ3n) is 1.75. The normalized spacial score (nSPS) is 10.9. The molecule has 70 valence electrons. The fraction of sp³-hybridized carbons (Fsp3) is 0.300. The molecule has 0 aliphatic heterocycles. The zero-order chi connectivity index (χ0) is 9.68. The Labute approximate surface area is 83.3 Å². The highest BCUT2D eigenvalue weighted by atomic mass is 32.1. The molecule has 0 aromatic carbocycles. The fourth-order valence-corrected chi connectivity index (χ4v) is 1.18. The van der Waals surface area contributed by atoms with Gasteiger partial charge in [0.1, 0.15) is 0 Å². The molecule has 0 radical (unpaired) electrons. The lowest BCUT2D eigenvalue weighted by molar-refractivity contribution is 0.803. The van der Waals surface area contributed by atoms with Crippen LogP contribution < -0.4 is 5.43 Å². The molecule has 3 heteroatoms. The van der Waals surface area contributed by atoms with Crippen LogP contribution in [0.4, 0.5) is 0 Å². The molecule has 0 atom stereocenters. The highest BCUT2D eigenvalue weighted by Gasteiger charge is 1.91. The molecule has 1 aromatic heterocycles. The van der Waals surface area contributed by atoms with Gasteiger partial charge in [-0.2, -0.15) is 12.6 Å². The maximum absolute atomic E-state index is 11.1. The molecule has 0 unspecified atom stereocenters. The first-order chi connectivity index (χ1) is 6.24. The van der Waals surface area contributed by atoms with E-state index in [0.717, 1.165) is 17.9 Å². The van der Waals surface area contributed by atoms with Crippen molar-refractivity contribution in [3.63, 3.8) is 0 Å². The van der Waals surface area contributed by atoms with Gasteiger partial charge in [0.25, 0.3) is 0 Å². The molecule has 0 spiro atoms. The van der Waals surface area contributed by atoms with Crippen LogP contribution in [0.5, 0.6) is 0 Å². The van der Waals surface area contributed by atoms with E-state index in [2.05, 4.69) is 12.6 Å². The quantitative estimate of drug-likeness (QED) is 0.575. The first-order valence-electron chi connectivity index (χ1n) is 4.16. The minimum atomic E-state index is 0.0921. The Kier molecular flexibility index (Phi) is 3.83. The summed E-state index contributed by atoms with van der Waals surface area (Å²) in [5, 5.41) is 0. The summed E-state index contributed by atoms with van der Waals surface area (Å²) in [4.78, 5) is 11.1. The summed E-state index contributed by atoms with van der Waals surface area (Å²) < 4.78 is 1.97. The van der Waals surface area contributed by atoms with Crippen molar-refractivity contribution in [2.75, 3.05) is 5.75 Å². The number of aryl methyl sites for hydroxylation is 1. The van der Waals surface area contributed by atoms with E-state index in [0.29, 0.717) is 0 Å². The summed E-state index contributed by atoms with van der Waals surface area (Å²) >= 11 is 4.06. The Morgan fingerprint density at radius 2 is 2.31 bits per heavy atom. The van der Waals surface area contributed by atoms with Gasteiger partial charge in [-0.1, -0.05) is 12.2 Å². The standard InChI is InChI=1S/C10H13NOS/c1-9-8-11(5-2-3-7-13)6-4-10(9)12/h2-4,6,8,13H,5,7H2,1H3/b3-2+. The molecule has 0 saturated heterocycles. The second kappa shape index (κ2) is 4.92. The molecule has 0 bridgehead atoms. The predicted octanol–water partition coefficient (Wildman–Crippen LogP) is 1.64. The van der Waals surface area contributed by atoms with E-state index >= 15 is 0 Å². The highest BCUT2D eigenvalue weighted by Crippen LogP contribution is 1.91. The Morgan fingerprint density at radius 3 is 2.92 bits per heavy atom. The van der Waals surface area contributed by atoms with Crippen molar-refractivity contribution < 1.29 is 0 Å². The van der Waals surface area contributed by atoms with Crippen molar-refractivity contribution in [1.82, 2.24) is 4.57 Å². The summed E-state index contributed by atoms with van der Waals surface area (Å²) in [6, 6.07) is 1.59. The molecule has 2 nitrogen and oxygen atoms in total. The van der Waals surface area contributed by atoms with Crippen molar-refractivity contribution >= 4 is 12.6 Å². The van der Waals surface area contributed by atoms with Gasteiger partial charge in [-0.05, 0) is 6.92 Å². The summed E-state index contributed by atoms with van der Waals surface area (Å²) in [6.07, 6.45) is 7.65. The zero-order valence-electron chi connectivity index (χ0n) is 7.60. The summed E-state index contributed by atoms with van der Waals surface area (Å²) in [5.41, 5.74) is 0.871. The SMILES string of the molecule is Cc1cn(C/C=C/CS)ccc1=O. The highest BCUT2D eigenvalue weighted by molar-refractivity contribution is 7.80. The van der Waals surface area contributed by atoms with Gasteiger partial charge in [0.2, 0.25) is 0 Å². The second-order valence-electron chi connectivity index (χ2n) is 2.84. The Hall–Kier alpha value is -0.960. The first kappa shape index (κ1) is 10.1. The van der Waals surface area contributed by atoms with Crippen molar-refractivity contribution in [1.29, 1.82) is 0 Å². The number of hydrogen-bond donors (Lipinski definition) is 1. The number of nitrogens with zero attached hydrogens (tertiary/aromatic N) is 1. The van der Waals surface area contributed by atoms with E-state index in [4.69, 9.17) is 0 Å². The topological polar surface area (TPSA) is 22.0 Å². The summed E-state index contributed by atoms with van der Waals surface area (Å²) in [7, 11) is 0. The van der Waals surface area contributed by atoms with Crippen LogP contribution in [0.2, 0.25) is 0 Å². The number of rotatable bonds is 3. The maximum atomic E-state index is 11.1. The minimum Gasteiger partial charge on any atom is -0.350 e. The van der Waals surface area contributed by atoms with Gasteiger partial charge >= 0.3 is 0 Å². The molecule has 0 aliphatic rings. The molecule has 13 heavy (non-hydrogen) atoms. The fourth-order valence-electron chi connectivity index (χ4n) is 1.03. The molecule has 0 saturated carbocycles. The van der Waals surface area contributed by atoms with Crippen molar-refractivity contribution in [2.24, 2.45) is 0 Å². The van der Waals surface area contributed by atoms with E-state index in [9.17, 15) is 4.79 Å². The van der Waals surface area contributed by atoms with Crippen molar-refractivity contribution in [3.8, 4) is 0 Å². The molecular formula is C10H13NOS. The van der Waals surface area contributed by atoms with Gasteiger partial charge in [0.05, 0.1) is 0 Å². The number of aromatic nitrogens is 1. The lowest BCUT2D eigenvalue weighted by atomic mass is 10.3. The van der Waals surface area contributed by atoms with E-state index < -0.39 is 0 Å². The smallest absolute Gasteiger partial charge is 0.184 e. The van der Waals surface area contributed by atoms with Gasteiger partial charge in [0, 0.05) is 36.3 Å². The Balaban J connectivity index is 2.74. The van der Waals surface area contributed by atoms with Crippen LogP contribution in [0.15, 0.2) is 35.4 Å². The van der Waals surface area contributed by atoms with Crippen LogP contribution in [0.3, 0.4) is 0 Å². The average molecular weight is 195 g/mol. The third kappa shape index (κ3) is 3.11. The van der Waals surface area contributed by atoms with E-state index in [1.165, 1.54) is 0 Å². The Bertz CT molecular complexity index is 354. The number of hydrogen-bond acceptors (Lipinski definition) is 2. The van der Waals surface area contributed by atoms with Gasteiger partial charge in [-0.3, -0.25) is 4.79 Å². The van der Waals surface area contributed by atoms with Crippen LogP contribution >= 0.6 is 12.6 Å². The number of allylic oxidation sites excluding steroid dienone is 1. The third-order valence-corrected chi connectivity index (χ3v) is 1.96. The largest absolute Gasteiger partial charge is 0.350 e. The molecule has 1 rings (SSSR count). The van der Waals surface area contributed by atoms with Gasteiger partial charge in [-0.15, -0.1) is 0 Å². The van der Waals surface area contributed by atoms with Gasteiger partial charge in [0.15, 0.2) is 5.43 Å². The molecular weight excluding hydrogens is 182 g/mol. The average Bonchev–Trinajstić information content (AvgIpc) is 2.12. The monoisotopic (exact) mass is 195 g/mol. The molecule has 0 fully saturated rings. The lowest BCUT2D eigenvalue weighted by Crippen LogP contribution is -2.07. The van der Waals surface area contributed by atoms with Crippen molar-refractivity contribution in [2.45, 2.75) is 13.5 Å². The number of pyridine rings is 1. The predicted molar refractivity (Wildman–Crippen MR) is 58.4 cm³/mol. The summed E-state index contributed by atoms with van der Waals surface area (Å²) in [6.45, 7) is 2.61. The summed E-state index contributed by atoms with van der Waals surface area (Å²) in [5.74, 6) is 0.749. The first-order valence-corrected chi connectivity index (χ1v) is 4.80. The molecule has 1 aromatic rings. The van der Waals surface area contributed by atoms with Crippen LogP contribution in [-0.2, 0) is 6.54 Å². The Morgan fingerprint density at radius 1 is 1.54 bits per heavy atom.